The van der Waals surface area contributed by atoms with E-state index >= 15 is 0 Å². The van der Waals surface area contributed by atoms with E-state index in [1.54, 1.807) is 0 Å². The Bertz CT molecular complexity index is 1010. The normalized spacial score (nSPS) is 13.9. The van der Waals surface area contributed by atoms with E-state index in [9.17, 15) is 19.8 Å². The van der Waals surface area contributed by atoms with Crippen LogP contribution in [0, 0.1) is 0 Å². The van der Waals surface area contributed by atoms with Gasteiger partial charge in [0.25, 0.3) is 0 Å². The number of ether oxygens (including phenoxy) is 1. The topological polar surface area (TPSA) is 95.9 Å². The van der Waals surface area contributed by atoms with Gasteiger partial charge in [-0.2, -0.15) is 0 Å². The highest BCUT2D eigenvalue weighted by molar-refractivity contribution is 5.77. The van der Waals surface area contributed by atoms with Crippen molar-refractivity contribution in [1.29, 1.82) is 0 Å². The highest BCUT2D eigenvalue weighted by Gasteiger charge is 2.24. The zero-order valence-corrected chi connectivity index (χ0v) is 36.8. The van der Waals surface area contributed by atoms with Crippen molar-refractivity contribution < 1.29 is 24.5 Å². The fourth-order valence-electron chi connectivity index (χ4n) is 6.83. The fourth-order valence-corrected chi connectivity index (χ4v) is 6.83. The Balaban J connectivity index is 4.69. The molecule has 0 aliphatic rings. The van der Waals surface area contributed by atoms with Crippen molar-refractivity contribution in [3.05, 3.63) is 60.8 Å². The largest absolute Gasteiger partial charge is 0.462 e. The summed E-state index contributed by atoms with van der Waals surface area (Å²) in [7, 11) is 0. The van der Waals surface area contributed by atoms with Crippen LogP contribution in [-0.4, -0.2) is 46.9 Å². The quantitative estimate of drug-likeness (QED) is 0.0326. The molecule has 0 aromatic rings. The number of allylic oxidation sites excluding steroid dienone is 10. The third-order valence-electron chi connectivity index (χ3n) is 10.4. The van der Waals surface area contributed by atoms with Gasteiger partial charge in [0.2, 0.25) is 5.91 Å². The van der Waals surface area contributed by atoms with Crippen LogP contribution in [0.25, 0.3) is 0 Å². The second-order valence-corrected chi connectivity index (χ2v) is 15.8. The van der Waals surface area contributed by atoms with Gasteiger partial charge in [-0.15, -0.1) is 0 Å². The molecule has 56 heavy (non-hydrogen) atoms. The van der Waals surface area contributed by atoms with E-state index < -0.39 is 18.2 Å². The molecular formula is C50H89NO5. The Kier molecular flexibility index (Phi) is 41.8. The number of amides is 1. The van der Waals surface area contributed by atoms with Crippen molar-refractivity contribution >= 4 is 11.9 Å². The van der Waals surface area contributed by atoms with Crippen LogP contribution in [0.5, 0.6) is 0 Å². The Labute approximate surface area is 346 Å². The van der Waals surface area contributed by atoms with Crippen LogP contribution in [-0.2, 0) is 14.3 Å². The third-order valence-corrected chi connectivity index (χ3v) is 10.4. The smallest absolute Gasteiger partial charge is 0.306 e. The van der Waals surface area contributed by atoms with E-state index in [1.165, 1.54) is 96.3 Å². The van der Waals surface area contributed by atoms with Crippen LogP contribution in [0.3, 0.4) is 0 Å². The number of esters is 1. The molecule has 0 spiro atoms. The van der Waals surface area contributed by atoms with E-state index in [0.29, 0.717) is 19.3 Å². The summed E-state index contributed by atoms with van der Waals surface area (Å²) in [6, 6.07) is -0.713. The lowest BCUT2D eigenvalue weighted by Crippen LogP contribution is -2.46. The van der Waals surface area contributed by atoms with Crippen molar-refractivity contribution in [2.24, 2.45) is 0 Å². The number of hydrogen-bond acceptors (Lipinski definition) is 5. The van der Waals surface area contributed by atoms with Gasteiger partial charge < -0.3 is 20.3 Å². The molecule has 0 bridgehead atoms. The summed E-state index contributed by atoms with van der Waals surface area (Å²) >= 11 is 0. The van der Waals surface area contributed by atoms with Crippen molar-refractivity contribution in [2.45, 2.75) is 238 Å². The molecule has 0 fully saturated rings. The average molecular weight is 784 g/mol. The molecule has 1 amide bonds. The van der Waals surface area contributed by atoms with Crippen LogP contribution in [0.2, 0.25) is 0 Å². The highest BCUT2D eigenvalue weighted by Crippen LogP contribution is 2.17. The lowest BCUT2D eigenvalue weighted by molar-refractivity contribution is -0.150. The highest BCUT2D eigenvalue weighted by atomic mass is 16.5. The van der Waals surface area contributed by atoms with E-state index in [-0.39, 0.29) is 31.3 Å². The Morgan fingerprint density at radius 3 is 1.36 bits per heavy atom. The maximum absolute atomic E-state index is 13.1. The maximum Gasteiger partial charge on any atom is 0.306 e. The molecule has 324 valence electrons. The number of rotatable bonds is 41. The molecule has 6 heteroatoms. The molecule has 0 aromatic heterocycles. The number of hydrogen-bond donors (Lipinski definition) is 3. The number of carbonyl (C=O) groups is 2. The minimum absolute atomic E-state index is 0.0483. The van der Waals surface area contributed by atoms with Gasteiger partial charge in [-0.1, -0.05) is 210 Å². The lowest BCUT2D eigenvalue weighted by Gasteiger charge is -2.24. The van der Waals surface area contributed by atoms with Crippen molar-refractivity contribution in [1.82, 2.24) is 5.32 Å². The first-order valence-electron chi connectivity index (χ1n) is 23.5. The van der Waals surface area contributed by atoms with Gasteiger partial charge in [0.05, 0.1) is 25.2 Å². The number of aliphatic hydroxyl groups is 2. The van der Waals surface area contributed by atoms with Crippen LogP contribution < -0.4 is 5.32 Å². The molecule has 0 aromatic carbocycles. The van der Waals surface area contributed by atoms with Gasteiger partial charge in [-0.25, -0.2) is 0 Å². The molecule has 0 saturated heterocycles. The van der Waals surface area contributed by atoms with Crippen molar-refractivity contribution in [2.75, 3.05) is 6.61 Å². The van der Waals surface area contributed by atoms with Gasteiger partial charge in [0.1, 0.15) is 6.10 Å². The predicted octanol–water partition coefficient (Wildman–Crippen LogP) is 13.7. The summed E-state index contributed by atoms with van der Waals surface area (Å²) in [5, 5.41) is 23.6. The lowest BCUT2D eigenvalue weighted by atomic mass is 10.0. The fraction of sp³-hybridized carbons (Fsp3) is 0.760. The first-order chi connectivity index (χ1) is 27.5. The van der Waals surface area contributed by atoms with E-state index in [4.69, 9.17) is 4.74 Å². The molecule has 0 aliphatic carbocycles. The zero-order chi connectivity index (χ0) is 41.0. The molecule has 6 nitrogen and oxygen atoms in total. The predicted molar refractivity (Wildman–Crippen MR) is 241 cm³/mol. The van der Waals surface area contributed by atoms with Gasteiger partial charge in [0.15, 0.2) is 0 Å². The van der Waals surface area contributed by atoms with Gasteiger partial charge in [-0.3, -0.25) is 9.59 Å². The van der Waals surface area contributed by atoms with E-state index in [1.807, 2.05) is 6.08 Å². The molecular weight excluding hydrogens is 695 g/mol. The SMILES string of the molecule is CC/C=C/C/C=C/C/C=C/C/C=C/C/C=C/CCC(=O)OC(CCCCCCCCCCCCC)CC(=O)NC(CO)C(O)CCCCCCCCCCCC. The number of carbonyl (C=O) groups excluding carboxylic acids is 2. The summed E-state index contributed by atoms with van der Waals surface area (Å²) in [4.78, 5) is 26.0. The number of unbranched alkanes of at least 4 members (excludes halogenated alkanes) is 19. The summed E-state index contributed by atoms with van der Waals surface area (Å²) < 4.78 is 5.86. The summed E-state index contributed by atoms with van der Waals surface area (Å²) in [6.07, 6.45) is 52.9. The Morgan fingerprint density at radius 2 is 0.929 bits per heavy atom. The van der Waals surface area contributed by atoms with Crippen LogP contribution in [0.1, 0.15) is 220 Å². The van der Waals surface area contributed by atoms with Gasteiger partial charge >= 0.3 is 5.97 Å². The number of aliphatic hydroxyl groups excluding tert-OH is 2. The minimum Gasteiger partial charge on any atom is -0.462 e. The Morgan fingerprint density at radius 1 is 0.536 bits per heavy atom. The summed E-state index contributed by atoms with van der Waals surface area (Å²) in [5.41, 5.74) is 0. The standard InChI is InChI=1S/C50H89NO5/c1-4-7-10-13-16-19-22-23-24-25-26-28-31-34-37-40-43-50(55)56-46(41-38-35-32-29-27-20-17-14-11-8-5-2)44-49(54)51-47(45-52)48(53)42-39-36-33-30-21-18-15-12-9-6-3/h7,10,16,19,23-24,26,28,34,37,46-48,52-53H,4-6,8-9,11-15,17-18,20-22,25,27,29-33,35-36,38-45H2,1-3H3,(H,51,54)/b10-7+,19-16+,24-23+,28-26+,37-34+. The minimum atomic E-state index is -0.797. The van der Waals surface area contributed by atoms with E-state index in [2.05, 4.69) is 80.8 Å². The van der Waals surface area contributed by atoms with Crippen molar-refractivity contribution in [3.8, 4) is 0 Å². The second-order valence-electron chi connectivity index (χ2n) is 15.8. The molecule has 3 N–H and O–H groups in total. The molecule has 3 unspecified atom stereocenters. The van der Waals surface area contributed by atoms with Crippen molar-refractivity contribution in [3.63, 3.8) is 0 Å². The average Bonchev–Trinajstić information content (AvgIpc) is 3.19. The third kappa shape index (κ3) is 38.4. The Hall–Kier alpha value is -2.44. The second kappa shape index (κ2) is 43.7. The molecule has 0 saturated carbocycles. The molecule has 0 rings (SSSR count). The van der Waals surface area contributed by atoms with Gasteiger partial charge in [-0.05, 0) is 57.8 Å². The summed E-state index contributed by atoms with van der Waals surface area (Å²) in [6.45, 7) is 6.32. The maximum atomic E-state index is 13.1. The van der Waals surface area contributed by atoms with Crippen LogP contribution in [0.4, 0.5) is 0 Å². The number of nitrogens with one attached hydrogen (secondary N) is 1. The molecule has 3 atom stereocenters. The van der Waals surface area contributed by atoms with Crippen LogP contribution in [0.15, 0.2) is 60.8 Å². The van der Waals surface area contributed by atoms with Gasteiger partial charge in [0, 0.05) is 6.42 Å². The van der Waals surface area contributed by atoms with E-state index in [0.717, 1.165) is 70.6 Å². The molecule has 0 radical (unpaired) electrons. The first kappa shape index (κ1) is 53.6. The first-order valence-corrected chi connectivity index (χ1v) is 23.5. The molecule has 0 heterocycles. The monoisotopic (exact) mass is 784 g/mol. The molecule has 0 aliphatic heterocycles. The zero-order valence-electron chi connectivity index (χ0n) is 36.8. The summed E-state index contributed by atoms with van der Waals surface area (Å²) in [5.74, 6) is -0.573. The van der Waals surface area contributed by atoms with Crippen LogP contribution >= 0.6 is 0 Å².